The molecule has 2 atom stereocenters. The quantitative estimate of drug-likeness (QED) is 0.0569. The Bertz CT molecular complexity index is 2230. The number of rotatable bonds is 22. The van der Waals surface area contributed by atoms with Crippen molar-refractivity contribution in [3.8, 4) is 23.0 Å². The molecule has 2 unspecified atom stereocenters. The Morgan fingerprint density at radius 2 is 0.902 bits per heavy atom. The van der Waals surface area contributed by atoms with E-state index < -0.39 is 45.4 Å². The van der Waals surface area contributed by atoms with Gasteiger partial charge in [0, 0.05) is 48.7 Å². The molecule has 0 radical (unpaired) electrons. The van der Waals surface area contributed by atoms with E-state index in [2.05, 4.69) is 23.8 Å². The van der Waals surface area contributed by atoms with Crippen molar-refractivity contribution in [2.45, 2.75) is 63.2 Å². The molecule has 320 valence electrons. The molecule has 0 bridgehead atoms. The van der Waals surface area contributed by atoms with Crippen LogP contribution < -0.4 is 20.1 Å². The van der Waals surface area contributed by atoms with E-state index in [-0.39, 0.29) is 82.9 Å². The predicted octanol–water partition coefficient (Wildman–Crippen LogP) is 8.19. The van der Waals surface area contributed by atoms with Crippen LogP contribution in [0.1, 0.15) is 53.4 Å². The van der Waals surface area contributed by atoms with E-state index in [1.54, 1.807) is 62.4 Å². The number of para-hydroxylation sites is 4. The van der Waals surface area contributed by atoms with Crippen LogP contribution in [0.3, 0.4) is 0 Å². The molecule has 15 heteroatoms. The lowest BCUT2D eigenvalue weighted by Gasteiger charge is -2.15. The first-order chi connectivity index (χ1) is 28.9. The van der Waals surface area contributed by atoms with E-state index in [9.17, 15) is 37.2 Å². The fraction of sp³-hybridized carbons (Fsp3) is 0.261. The molecular formula is C46H48N2O12S. The summed E-state index contributed by atoms with van der Waals surface area (Å²) in [6, 6.07) is 24.8. The van der Waals surface area contributed by atoms with Gasteiger partial charge >= 0.3 is 11.9 Å². The normalized spacial score (nSPS) is 11.9. The summed E-state index contributed by atoms with van der Waals surface area (Å²) >= 11 is 0. The molecule has 14 nitrogen and oxygen atoms in total. The highest BCUT2D eigenvalue weighted by atomic mass is 32.2. The van der Waals surface area contributed by atoms with E-state index in [0.717, 1.165) is 0 Å². The van der Waals surface area contributed by atoms with Crippen molar-refractivity contribution in [1.82, 2.24) is 0 Å². The molecule has 0 aliphatic rings. The SMILES string of the molecule is C=C(C)C(=O)OCCC(=O)C(C)CC(=O)Nc1ccccc1Oc1ccc(S(=O)(=O)c2ccc(Oc3ccccc3NC(=O)CC(C)C(=O)CCOC(=O)C(=C)C)cc2)cc1. The van der Waals surface area contributed by atoms with Crippen LogP contribution in [0.4, 0.5) is 11.4 Å². The van der Waals surface area contributed by atoms with Gasteiger partial charge < -0.3 is 29.6 Å². The highest BCUT2D eigenvalue weighted by Crippen LogP contribution is 2.33. The molecule has 0 aliphatic heterocycles. The summed E-state index contributed by atoms with van der Waals surface area (Å²) in [4.78, 5) is 73.7. The number of sulfone groups is 1. The zero-order chi connectivity index (χ0) is 44.7. The van der Waals surface area contributed by atoms with Crippen molar-refractivity contribution >= 4 is 56.5 Å². The number of nitrogens with one attached hydrogen (secondary N) is 2. The zero-order valence-corrected chi connectivity index (χ0v) is 35.2. The Morgan fingerprint density at radius 3 is 1.25 bits per heavy atom. The largest absolute Gasteiger partial charge is 0.462 e. The lowest BCUT2D eigenvalue weighted by atomic mass is 10.00. The van der Waals surface area contributed by atoms with Gasteiger partial charge in [0.1, 0.15) is 23.1 Å². The molecule has 0 fully saturated rings. The molecule has 0 aliphatic carbocycles. The molecule has 61 heavy (non-hydrogen) atoms. The van der Waals surface area contributed by atoms with Gasteiger partial charge in [-0.2, -0.15) is 0 Å². The summed E-state index contributed by atoms with van der Waals surface area (Å²) in [5.41, 5.74) is 1.12. The van der Waals surface area contributed by atoms with Crippen molar-refractivity contribution in [3.63, 3.8) is 0 Å². The van der Waals surface area contributed by atoms with Crippen LogP contribution in [0.15, 0.2) is 131 Å². The third-order valence-electron chi connectivity index (χ3n) is 8.99. The van der Waals surface area contributed by atoms with Crippen molar-refractivity contribution in [2.24, 2.45) is 11.8 Å². The van der Waals surface area contributed by atoms with E-state index in [0.29, 0.717) is 22.9 Å². The molecule has 4 aromatic carbocycles. The van der Waals surface area contributed by atoms with Gasteiger partial charge in [-0.3, -0.25) is 19.2 Å². The van der Waals surface area contributed by atoms with Crippen molar-refractivity contribution in [2.75, 3.05) is 23.8 Å². The maximum Gasteiger partial charge on any atom is 0.333 e. The number of Topliss-reactive ketones (excluding diaryl/α,β-unsaturated/α-hetero) is 2. The first-order valence-corrected chi connectivity index (χ1v) is 20.7. The molecule has 2 N–H and O–H groups in total. The average molecular weight is 853 g/mol. The summed E-state index contributed by atoms with van der Waals surface area (Å²) in [7, 11) is -3.97. The molecule has 0 saturated heterocycles. The van der Waals surface area contributed by atoms with Gasteiger partial charge in [0.25, 0.3) is 0 Å². The predicted molar refractivity (Wildman–Crippen MR) is 227 cm³/mol. The summed E-state index contributed by atoms with van der Waals surface area (Å²) in [5.74, 6) is -2.62. The Labute approximate surface area is 354 Å². The highest BCUT2D eigenvalue weighted by molar-refractivity contribution is 7.91. The minimum absolute atomic E-state index is 0.00297. The van der Waals surface area contributed by atoms with E-state index in [1.165, 1.54) is 62.4 Å². The number of carbonyl (C=O) groups excluding carboxylic acids is 6. The number of benzene rings is 4. The number of hydrogen-bond donors (Lipinski definition) is 2. The number of ketones is 2. The van der Waals surface area contributed by atoms with Crippen molar-refractivity contribution in [3.05, 3.63) is 121 Å². The topological polar surface area (TPSA) is 198 Å². The summed E-state index contributed by atoms with van der Waals surface area (Å²) in [6.45, 7) is 13.0. The van der Waals surface area contributed by atoms with Crippen LogP contribution in [0.2, 0.25) is 0 Å². The van der Waals surface area contributed by atoms with Gasteiger partial charge in [-0.1, -0.05) is 51.3 Å². The van der Waals surface area contributed by atoms with E-state index in [4.69, 9.17) is 18.9 Å². The van der Waals surface area contributed by atoms with Gasteiger partial charge in [0.05, 0.1) is 34.4 Å². The fourth-order valence-electron chi connectivity index (χ4n) is 5.50. The van der Waals surface area contributed by atoms with Gasteiger partial charge in [0.2, 0.25) is 21.7 Å². The van der Waals surface area contributed by atoms with Crippen LogP contribution in [0.5, 0.6) is 23.0 Å². The molecule has 0 aromatic heterocycles. The molecule has 0 saturated carbocycles. The minimum Gasteiger partial charge on any atom is -0.462 e. The molecule has 4 aromatic rings. The third kappa shape index (κ3) is 14.1. The van der Waals surface area contributed by atoms with Crippen LogP contribution >= 0.6 is 0 Å². The smallest absolute Gasteiger partial charge is 0.333 e. The number of amides is 2. The van der Waals surface area contributed by atoms with Crippen LogP contribution in [-0.4, -0.2) is 57.0 Å². The third-order valence-corrected chi connectivity index (χ3v) is 10.8. The number of anilines is 2. The molecular weight excluding hydrogens is 805 g/mol. The molecule has 4 rings (SSSR count). The maximum absolute atomic E-state index is 13.6. The Morgan fingerprint density at radius 1 is 0.557 bits per heavy atom. The standard InChI is InChI=1S/C46H48N2O12S/c1-29(2)45(53)57-25-23-39(49)31(5)27-43(51)47-37-11-7-9-13-41(37)59-33-15-19-35(20-16-33)61(55,56)36-21-17-34(18-22-36)60-42-14-10-8-12-38(42)48-44(52)28-32(6)40(50)24-26-58-46(54)30(3)4/h7-22,31-32H,1,3,23-28H2,2,4-6H3,(H,47,51)(H,48,52). The minimum atomic E-state index is -3.97. The first kappa shape index (κ1) is 46.8. The Kier molecular flexibility index (Phi) is 16.8. The Balaban J connectivity index is 1.32. The van der Waals surface area contributed by atoms with Gasteiger partial charge in [-0.25, -0.2) is 18.0 Å². The van der Waals surface area contributed by atoms with Crippen LogP contribution in [-0.2, 0) is 48.1 Å². The summed E-state index contributed by atoms with van der Waals surface area (Å²) in [6.07, 6.45) is -0.301. The number of esters is 2. The van der Waals surface area contributed by atoms with E-state index >= 15 is 0 Å². The Hall–Kier alpha value is -6.87. The maximum atomic E-state index is 13.6. The van der Waals surface area contributed by atoms with Gasteiger partial charge in [-0.05, 0) is 86.6 Å². The summed E-state index contributed by atoms with van der Waals surface area (Å²) in [5, 5.41) is 5.50. The second-order valence-electron chi connectivity index (χ2n) is 14.2. The monoisotopic (exact) mass is 852 g/mol. The average Bonchev–Trinajstić information content (AvgIpc) is 3.22. The van der Waals surface area contributed by atoms with Crippen LogP contribution in [0, 0.1) is 11.8 Å². The lowest BCUT2D eigenvalue weighted by Crippen LogP contribution is -2.22. The van der Waals surface area contributed by atoms with E-state index in [1.807, 2.05) is 0 Å². The lowest BCUT2D eigenvalue weighted by molar-refractivity contribution is -0.141. The number of ether oxygens (including phenoxy) is 4. The second kappa shape index (κ2) is 21.9. The van der Waals surface area contributed by atoms with Crippen LogP contribution in [0.25, 0.3) is 0 Å². The van der Waals surface area contributed by atoms with Gasteiger partial charge in [-0.15, -0.1) is 0 Å². The summed E-state index contributed by atoms with van der Waals surface area (Å²) < 4.78 is 49.0. The number of hydrogen-bond acceptors (Lipinski definition) is 12. The second-order valence-corrected chi connectivity index (χ2v) is 16.2. The fourth-order valence-corrected chi connectivity index (χ4v) is 6.76. The zero-order valence-electron chi connectivity index (χ0n) is 34.4. The molecule has 0 heterocycles. The van der Waals surface area contributed by atoms with Crippen molar-refractivity contribution < 1.29 is 56.1 Å². The molecule has 0 spiro atoms. The number of carbonyl (C=O) groups is 6. The first-order valence-electron chi connectivity index (χ1n) is 19.2. The van der Waals surface area contributed by atoms with Crippen molar-refractivity contribution in [1.29, 1.82) is 0 Å². The highest BCUT2D eigenvalue weighted by Gasteiger charge is 2.22. The van der Waals surface area contributed by atoms with Gasteiger partial charge in [0.15, 0.2) is 11.5 Å². The molecule has 2 amide bonds.